The van der Waals surface area contributed by atoms with Crippen LogP contribution in [-0.2, 0) is 22.4 Å². The van der Waals surface area contributed by atoms with Gasteiger partial charge < -0.3 is 20.1 Å². The molecule has 0 aromatic heterocycles. The van der Waals surface area contributed by atoms with E-state index in [4.69, 9.17) is 9.84 Å². The van der Waals surface area contributed by atoms with E-state index < -0.39 is 5.97 Å². The van der Waals surface area contributed by atoms with Crippen molar-refractivity contribution >= 4 is 23.5 Å². The van der Waals surface area contributed by atoms with E-state index in [0.29, 0.717) is 31.6 Å². The number of aromatic carboxylic acids is 1. The molecule has 0 unspecified atom stereocenters. The van der Waals surface area contributed by atoms with Crippen molar-refractivity contribution in [2.45, 2.75) is 19.3 Å². The number of nitrogens with one attached hydrogen (secondary N) is 1. The first-order valence-corrected chi connectivity index (χ1v) is 9.04. The Kier molecular flexibility index (Phi) is 5.93. The van der Waals surface area contributed by atoms with Crippen LogP contribution in [-0.4, -0.2) is 43.1 Å². The lowest BCUT2D eigenvalue weighted by Crippen LogP contribution is -2.43. The number of anilines is 1. The van der Waals surface area contributed by atoms with Gasteiger partial charge in [0.05, 0.1) is 12.7 Å². The van der Waals surface area contributed by atoms with Crippen molar-refractivity contribution in [2.24, 2.45) is 0 Å². The zero-order valence-electron chi connectivity index (χ0n) is 15.6. The highest BCUT2D eigenvalue weighted by atomic mass is 16.5. The predicted molar refractivity (Wildman–Crippen MR) is 104 cm³/mol. The Bertz CT molecular complexity index is 909. The first-order chi connectivity index (χ1) is 13.5. The standard InChI is InChI=1S/C21H22N2O5/c1-28-18-12-16(21(26)27)7-6-15(18)10-11-22-19(24)13-23-17-5-3-2-4-14(17)8-9-20(23)25/h2-7,12H,8-11,13H2,1H3,(H,22,24)(H,26,27). The maximum absolute atomic E-state index is 12.3. The number of carbonyl (C=O) groups excluding carboxylic acids is 2. The number of rotatable bonds is 7. The number of carboxylic acid groups (broad SMARTS) is 1. The third-order valence-electron chi connectivity index (χ3n) is 4.74. The minimum Gasteiger partial charge on any atom is -0.496 e. The molecule has 1 aliphatic rings. The van der Waals surface area contributed by atoms with Crippen molar-refractivity contribution in [3.8, 4) is 5.75 Å². The summed E-state index contributed by atoms with van der Waals surface area (Å²) in [6.45, 7) is 0.330. The lowest BCUT2D eigenvalue weighted by atomic mass is 10.0. The number of hydrogen-bond donors (Lipinski definition) is 2. The summed E-state index contributed by atoms with van der Waals surface area (Å²) in [6.07, 6.45) is 1.58. The maximum atomic E-state index is 12.3. The fourth-order valence-corrected chi connectivity index (χ4v) is 3.29. The number of carbonyl (C=O) groups is 3. The quantitative estimate of drug-likeness (QED) is 0.764. The summed E-state index contributed by atoms with van der Waals surface area (Å²) in [5.41, 5.74) is 2.80. The third-order valence-corrected chi connectivity index (χ3v) is 4.74. The molecule has 0 saturated carbocycles. The Balaban J connectivity index is 1.58. The van der Waals surface area contributed by atoms with Crippen LogP contribution in [0.5, 0.6) is 5.75 Å². The summed E-state index contributed by atoms with van der Waals surface area (Å²) >= 11 is 0. The number of para-hydroxylation sites is 1. The number of fused-ring (bicyclic) bond motifs is 1. The van der Waals surface area contributed by atoms with Crippen molar-refractivity contribution in [2.75, 3.05) is 25.1 Å². The van der Waals surface area contributed by atoms with Crippen LogP contribution in [0, 0.1) is 0 Å². The maximum Gasteiger partial charge on any atom is 0.335 e. The largest absolute Gasteiger partial charge is 0.496 e. The van der Waals surface area contributed by atoms with Gasteiger partial charge in [-0.3, -0.25) is 9.59 Å². The van der Waals surface area contributed by atoms with Gasteiger partial charge in [-0.2, -0.15) is 0 Å². The molecule has 146 valence electrons. The molecule has 1 aliphatic heterocycles. The first-order valence-electron chi connectivity index (χ1n) is 9.04. The number of aryl methyl sites for hydroxylation is 1. The van der Waals surface area contributed by atoms with E-state index in [1.165, 1.54) is 24.1 Å². The molecule has 2 N–H and O–H groups in total. The second kappa shape index (κ2) is 8.56. The molecular formula is C21H22N2O5. The number of carboxylic acids is 1. The molecule has 2 aromatic rings. The van der Waals surface area contributed by atoms with Gasteiger partial charge in [0.15, 0.2) is 0 Å². The molecule has 1 heterocycles. The lowest BCUT2D eigenvalue weighted by Gasteiger charge is -2.28. The normalized spacial score (nSPS) is 13.0. The van der Waals surface area contributed by atoms with Crippen LogP contribution in [0.15, 0.2) is 42.5 Å². The minimum absolute atomic E-state index is 0.0229. The molecule has 2 aromatic carbocycles. The molecule has 0 spiro atoms. The van der Waals surface area contributed by atoms with Gasteiger partial charge in [0.2, 0.25) is 11.8 Å². The van der Waals surface area contributed by atoms with E-state index in [1.807, 2.05) is 24.3 Å². The summed E-state index contributed by atoms with van der Waals surface area (Å²) < 4.78 is 5.24. The Morgan fingerprint density at radius 3 is 2.71 bits per heavy atom. The SMILES string of the molecule is COc1cc(C(=O)O)ccc1CCNC(=O)CN1C(=O)CCc2ccccc21. The zero-order chi connectivity index (χ0) is 20.1. The van der Waals surface area contributed by atoms with E-state index in [9.17, 15) is 14.4 Å². The molecule has 7 nitrogen and oxygen atoms in total. The van der Waals surface area contributed by atoms with Crippen molar-refractivity contribution in [3.05, 3.63) is 59.2 Å². The fraction of sp³-hybridized carbons (Fsp3) is 0.286. The molecule has 0 atom stereocenters. The average Bonchev–Trinajstić information content (AvgIpc) is 2.70. The van der Waals surface area contributed by atoms with Gasteiger partial charge in [0.25, 0.3) is 0 Å². The predicted octanol–water partition coefficient (Wildman–Crippen LogP) is 2.03. The highest BCUT2D eigenvalue weighted by Gasteiger charge is 2.25. The van der Waals surface area contributed by atoms with Gasteiger partial charge in [0.1, 0.15) is 12.3 Å². The van der Waals surface area contributed by atoms with Gasteiger partial charge in [0, 0.05) is 18.7 Å². The number of methoxy groups -OCH3 is 1. The number of amides is 2. The van der Waals surface area contributed by atoms with Crippen LogP contribution in [0.3, 0.4) is 0 Å². The van der Waals surface area contributed by atoms with Gasteiger partial charge in [-0.25, -0.2) is 4.79 Å². The van der Waals surface area contributed by atoms with Crippen LogP contribution in [0.25, 0.3) is 0 Å². The van der Waals surface area contributed by atoms with Crippen molar-refractivity contribution in [1.29, 1.82) is 0 Å². The number of nitrogens with zero attached hydrogens (tertiary/aromatic N) is 1. The molecular weight excluding hydrogens is 360 g/mol. The van der Waals surface area contributed by atoms with Gasteiger partial charge >= 0.3 is 5.97 Å². The number of ether oxygens (including phenoxy) is 1. The summed E-state index contributed by atoms with van der Waals surface area (Å²) in [6, 6.07) is 12.3. The first kappa shape index (κ1) is 19.4. The average molecular weight is 382 g/mol. The Morgan fingerprint density at radius 2 is 1.96 bits per heavy atom. The summed E-state index contributed by atoms with van der Waals surface area (Å²) in [4.78, 5) is 37.1. The second-order valence-electron chi connectivity index (χ2n) is 6.54. The minimum atomic E-state index is -1.02. The number of benzene rings is 2. The van der Waals surface area contributed by atoms with E-state index in [1.54, 1.807) is 6.07 Å². The topological polar surface area (TPSA) is 95.9 Å². The highest BCUT2D eigenvalue weighted by molar-refractivity contribution is 6.01. The Morgan fingerprint density at radius 1 is 1.18 bits per heavy atom. The molecule has 0 radical (unpaired) electrons. The van der Waals surface area contributed by atoms with Crippen LogP contribution < -0.4 is 15.0 Å². The third kappa shape index (κ3) is 4.31. The van der Waals surface area contributed by atoms with Gasteiger partial charge in [-0.1, -0.05) is 24.3 Å². The van der Waals surface area contributed by atoms with Crippen LogP contribution >= 0.6 is 0 Å². The molecule has 3 rings (SSSR count). The van der Waals surface area contributed by atoms with Crippen molar-refractivity contribution < 1.29 is 24.2 Å². The van der Waals surface area contributed by atoms with E-state index in [2.05, 4.69) is 5.32 Å². The van der Waals surface area contributed by atoms with E-state index in [-0.39, 0.29) is 23.9 Å². The molecule has 0 bridgehead atoms. The van der Waals surface area contributed by atoms with Crippen LogP contribution in [0.4, 0.5) is 5.69 Å². The Hall–Kier alpha value is -3.35. The monoisotopic (exact) mass is 382 g/mol. The van der Waals surface area contributed by atoms with E-state index >= 15 is 0 Å². The molecule has 7 heteroatoms. The van der Waals surface area contributed by atoms with Crippen molar-refractivity contribution in [3.63, 3.8) is 0 Å². The lowest BCUT2D eigenvalue weighted by molar-refractivity contribution is -0.124. The van der Waals surface area contributed by atoms with Crippen LogP contribution in [0.1, 0.15) is 27.9 Å². The smallest absolute Gasteiger partial charge is 0.335 e. The summed E-state index contributed by atoms with van der Waals surface area (Å²) in [5, 5.41) is 11.9. The number of hydrogen-bond acceptors (Lipinski definition) is 4. The Labute approximate surface area is 162 Å². The highest BCUT2D eigenvalue weighted by Crippen LogP contribution is 2.27. The fourth-order valence-electron chi connectivity index (χ4n) is 3.29. The molecule has 0 fully saturated rings. The molecule has 0 aliphatic carbocycles. The zero-order valence-corrected chi connectivity index (χ0v) is 15.6. The molecule has 0 saturated heterocycles. The summed E-state index contributed by atoms with van der Waals surface area (Å²) in [5.74, 6) is -0.857. The van der Waals surface area contributed by atoms with Crippen molar-refractivity contribution in [1.82, 2.24) is 5.32 Å². The molecule has 2 amide bonds. The second-order valence-corrected chi connectivity index (χ2v) is 6.54. The van der Waals surface area contributed by atoms with Gasteiger partial charge in [-0.15, -0.1) is 0 Å². The van der Waals surface area contributed by atoms with E-state index in [0.717, 1.165) is 16.8 Å². The van der Waals surface area contributed by atoms with Gasteiger partial charge in [-0.05, 0) is 42.2 Å². The van der Waals surface area contributed by atoms with Crippen LogP contribution in [0.2, 0.25) is 0 Å². The molecule has 28 heavy (non-hydrogen) atoms. The summed E-state index contributed by atoms with van der Waals surface area (Å²) in [7, 11) is 1.47.